The van der Waals surface area contributed by atoms with Gasteiger partial charge in [-0.05, 0) is 44.9 Å². The number of amides is 1. The van der Waals surface area contributed by atoms with Gasteiger partial charge in [0.25, 0.3) is 5.56 Å². The molecule has 1 N–H and O–H groups in total. The Labute approximate surface area is 199 Å². The maximum absolute atomic E-state index is 13.2. The van der Waals surface area contributed by atoms with Crippen LogP contribution in [-0.4, -0.2) is 36.4 Å². The normalized spacial score (nSPS) is 15.2. The zero-order valence-corrected chi connectivity index (χ0v) is 20.8. The van der Waals surface area contributed by atoms with Crippen LogP contribution >= 0.6 is 23.1 Å². The molecule has 1 amide bonds. The number of fused-ring (bicyclic) bond motifs is 5. The lowest BCUT2D eigenvalue weighted by molar-refractivity contribution is -0.113. The Hall–Kier alpha value is -2.69. The third-order valence-corrected chi connectivity index (χ3v) is 8.01. The first-order chi connectivity index (χ1) is 15.6. The Bertz CT molecular complexity index is 1480. The predicted octanol–water partition coefficient (Wildman–Crippen LogP) is 3.84. The maximum Gasteiger partial charge on any atom is 0.263 e. The van der Waals surface area contributed by atoms with Crippen molar-refractivity contribution in [2.45, 2.75) is 51.5 Å². The maximum atomic E-state index is 13.2. The molecule has 0 aliphatic carbocycles. The second-order valence-corrected chi connectivity index (χ2v) is 11.1. The lowest BCUT2D eigenvalue weighted by Crippen LogP contribution is -2.32. The molecule has 4 heterocycles. The molecule has 1 aromatic carbocycles. The van der Waals surface area contributed by atoms with Crippen molar-refractivity contribution in [3.63, 3.8) is 0 Å². The lowest BCUT2D eigenvalue weighted by Gasteiger charge is -2.29. The summed E-state index contributed by atoms with van der Waals surface area (Å²) in [4.78, 5) is 27.7. The fourth-order valence-corrected chi connectivity index (χ4v) is 6.21. The summed E-state index contributed by atoms with van der Waals surface area (Å²) in [7, 11) is 1.71. The molecule has 0 spiro atoms. The van der Waals surface area contributed by atoms with Gasteiger partial charge in [-0.3, -0.25) is 14.2 Å². The van der Waals surface area contributed by atoms with Crippen molar-refractivity contribution in [2.75, 3.05) is 11.1 Å². The van der Waals surface area contributed by atoms with Crippen molar-refractivity contribution in [3.8, 4) is 0 Å². The summed E-state index contributed by atoms with van der Waals surface area (Å²) in [5, 5.41) is 12.8. The number of benzene rings is 1. The number of nitrogens with one attached hydrogen (secondary N) is 1. The number of anilines is 1. The highest BCUT2D eigenvalue weighted by atomic mass is 32.2. The molecule has 4 aromatic rings. The number of aryl methyl sites for hydroxylation is 3. The summed E-state index contributed by atoms with van der Waals surface area (Å²) >= 11 is 2.85. The third-order valence-electron chi connectivity index (χ3n) is 5.89. The van der Waals surface area contributed by atoms with Crippen molar-refractivity contribution in [1.29, 1.82) is 0 Å². The standard InChI is InChI=1S/C23H25N5O3S2/c1-12-6-7-15(13(2)8-12)24-17(29)11-32-22-26-25-21-27(5)19(30)18-14-9-23(3,4)31-10-16(14)33-20(18)28(21)22/h6-8H,9-11H2,1-5H3,(H,24,29). The average Bonchev–Trinajstić information content (AvgIpc) is 3.33. The van der Waals surface area contributed by atoms with E-state index in [1.807, 2.05) is 50.3 Å². The van der Waals surface area contributed by atoms with Crippen LogP contribution in [0.4, 0.5) is 5.69 Å². The number of carbonyl (C=O) groups excluding carboxylic acids is 1. The molecule has 0 bridgehead atoms. The van der Waals surface area contributed by atoms with Crippen LogP contribution in [0.5, 0.6) is 0 Å². The van der Waals surface area contributed by atoms with E-state index < -0.39 is 0 Å². The van der Waals surface area contributed by atoms with Gasteiger partial charge in [-0.15, -0.1) is 21.5 Å². The van der Waals surface area contributed by atoms with Crippen LogP contribution in [0.25, 0.3) is 16.0 Å². The summed E-state index contributed by atoms with van der Waals surface area (Å²) in [6.45, 7) is 8.56. The molecule has 5 rings (SSSR count). The zero-order chi connectivity index (χ0) is 23.5. The smallest absolute Gasteiger partial charge is 0.263 e. The second kappa shape index (κ2) is 7.96. The molecule has 0 radical (unpaired) electrons. The van der Waals surface area contributed by atoms with Gasteiger partial charge in [0.2, 0.25) is 11.7 Å². The van der Waals surface area contributed by atoms with Gasteiger partial charge in [0.05, 0.1) is 23.3 Å². The van der Waals surface area contributed by atoms with E-state index in [1.165, 1.54) is 16.3 Å². The van der Waals surface area contributed by atoms with Crippen LogP contribution in [0.15, 0.2) is 28.2 Å². The number of hydrogen-bond donors (Lipinski definition) is 1. The summed E-state index contributed by atoms with van der Waals surface area (Å²) < 4.78 is 9.39. The summed E-state index contributed by atoms with van der Waals surface area (Å²) in [5.74, 6) is 0.522. The fourth-order valence-electron chi connectivity index (χ4n) is 4.20. The molecule has 0 fully saturated rings. The van der Waals surface area contributed by atoms with Gasteiger partial charge in [0.15, 0.2) is 5.16 Å². The number of carbonyl (C=O) groups is 1. The minimum atomic E-state index is -0.321. The molecule has 0 saturated heterocycles. The number of aromatic nitrogens is 4. The fraction of sp³-hybridized carbons (Fsp3) is 0.391. The van der Waals surface area contributed by atoms with Crippen LogP contribution in [0.1, 0.15) is 35.4 Å². The molecule has 10 heteroatoms. The number of rotatable bonds is 4. The van der Waals surface area contributed by atoms with E-state index in [-0.39, 0.29) is 22.8 Å². The minimum absolute atomic E-state index is 0.0794. The van der Waals surface area contributed by atoms with Crippen LogP contribution < -0.4 is 10.9 Å². The van der Waals surface area contributed by atoms with E-state index in [4.69, 9.17) is 4.74 Å². The molecular formula is C23H25N5O3S2. The molecule has 33 heavy (non-hydrogen) atoms. The number of thiophene rings is 1. The highest BCUT2D eigenvalue weighted by molar-refractivity contribution is 7.99. The number of ether oxygens (including phenoxy) is 1. The second-order valence-electron chi connectivity index (χ2n) is 9.05. The number of nitrogens with zero attached hydrogens (tertiary/aromatic N) is 4. The number of thioether (sulfide) groups is 1. The van der Waals surface area contributed by atoms with Gasteiger partial charge in [0, 0.05) is 24.0 Å². The Morgan fingerprint density at radius 1 is 1.30 bits per heavy atom. The van der Waals surface area contributed by atoms with Crippen molar-refractivity contribution in [3.05, 3.63) is 50.1 Å². The van der Waals surface area contributed by atoms with E-state index in [0.717, 1.165) is 32.1 Å². The van der Waals surface area contributed by atoms with E-state index in [1.54, 1.807) is 18.4 Å². The topological polar surface area (TPSA) is 90.5 Å². The quantitative estimate of drug-likeness (QED) is 0.444. The van der Waals surface area contributed by atoms with E-state index >= 15 is 0 Å². The summed E-state index contributed by atoms with van der Waals surface area (Å²) in [5.41, 5.74) is 3.62. The molecule has 172 valence electrons. The first-order valence-electron chi connectivity index (χ1n) is 10.7. The van der Waals surface area contributed by atoms with Gasteiger partial charge in [-0.1, -0.05) is 29.5 Å². The molecule has 8 nitrogen and oxygen atoms in total. The average molecular weight is 484 g/mol. The summed E-state index contributed by atoms with van der Waals surface area (Å²) in [6, 6.07) is 5.93. The Morgan fingerprint density at radius 3 is 2.85 bits per heavy atom. The molecule has 1 aliphatic rings. The number of hydrogen-bond acceptors (Lipinski definition) is 7. The van der Waals surface area contributed by atoms with Gasteiger partial charge >= 0.3 is 0 Å². The molecule has 0 atom stereocenters. The monoisotopic (exact) mass is 483 g/mol. The lowest BCUT2D eigenvalue weighted by atomic mass is 9.94. The summed E-state index contributed by atoms with van der Waals surface area (Å²) in [6.07, 6.45) is 0.673. The van der Waals surface area contributed by atoms with Gasteiger partial charge < -0.3 is 10.1 Å². The molecule has 0 saturated carbocycles. The molecule has 1 aliphatic heterocycles. The van der Waals surface area contributed by atoms with E-state index in [9.17, 15) is 9.59 Å². The third kappa shape index (κ3) is 3.85. The van der Waals surface area contributed by atoms with Crippen molar-refractivity contribution in [1.82, 2.24) is 19.2 Å². The Balaban J connectivity index is 1.49. The minimum Gasteiger partial charge on any atom is -0.370 e. The largest absolute Gasteiger partial charge is 0.370 e. The van der Waals surface area contributed by atoms with E-state index in [2.05, 4.69) is 15.5 Å². The van der Waals surface area contributed by atoms with Gasteiger partial charge in [-0.2, -0.15) is 0 Å². The SMILES string of the molecule is Cc1ccc(NC(=O)CSc2nnc3n(C)c(=O)c4c5c(sc4n23)COC(C)(C)C5)c(C)c1. The highest BCUT2D eigenvalue weighted by Crippen LogP contribution is 2.38. The van der Waals surface area contributed by atoms with Gasteiger partial charge in [-0.25, -0.2) is 4.40 Å². The van der Waals surface area contributed by atoms with Crippen molar-refractivity contribution >= 4 is 50.7 Å². The predicted molar refractivity (Wildman–Crippen MR) is 131 cm³/mol. The van der Waals surface area contributed by atoms with Crippen LogP contribution in [-0.2, 0) is 29.6 Å². The highest BCUT2D eigenvalue weighted by Gasteiger charge is 2.32. The first-order valence-corrected chi connectivity index (χ1v) is 12.5. The zero-order valence-electron chi connectivity index (χ0n) is 19.2. The van der Waals surface area contributed by atoms with Crippen LogP contribution in [0.2, 0.25) is 0 Å². The Morgan fingerprint density at radius 2 is 2.09 bits per heavy atom. The van der Waals surface area contributed by atoms with E-state index in [0.29, 0.717) is 29.3 Å². The van der Waals surface area contributed by atoms with Crippen molar-refractivity contribution in [2.24, 2.45) is 7.05 Å². The molecular weight excluding hydrogens is 458 g/mol. The molecule has 0 unspecified atom stereocenters. The Kier molecular flexibility index (Phi) is 5.34. The van der Waals surface area contributed by atoms with Crippen LogP contribution in [0.3, 0.4) is 0 Å². The van der Waals surface area contributed by atoms with Crippen LogP contribution in [0, 0.1) is 13.8 Å². The first kappa shape index (κ1) is 22.1. The van der Waals surface area contributed by atoms with Gasteiger partial charge in [0.1, 0.15) is 4.83 Å². The van der Waals surface area contributed by atoms with Crippen molar-refractivity contribution < 1.29 is 9.53 Å². The molecule has 3 aromatic heterocycles.